The van der Waals surface area contributed by atoms with Gasteiger partial charge in [-0.1, -0.05) is 29.4 Å². The molecule has 0 fully saturated rings. The van der Waals surface area contributed by atoms with E-state index in [1.54, 1.807) is 5.32 Å². The highest BCUT2D eigenvalue weighted by Gasteiger charge is 2.26. The molecule has 1 amide bonds. The van der Waals surface area contributed by atoms with Crippen LogP contribution in [0.5, 0.6) is 0 Å². The standard InChI is InChI=1S/C16H18F3N3O5S/c1-28(25,26)20-8-11-6-13(27-22-11)9-2-4-10(5-3-9)14(23)12(7-17)21-16(24)15(18)19/h2-6,12,14-15,20,23H,7-8H2,1H3,(H,21,24)/t12?,14-/m1/s1. The van der Waals surface area contributed by atoms with Crippen LogP contribution in [0.2, 0.25) is 0 Å². The third-order valence-electron chi connectivity index (χ3n) is 3.68. The molecule has 1 aromatic heterocycles. The minimum Gasteiger partial charge on any atom is -0.386 e. The van der Waals surface area contributed by atoms with Gasteiger partial charge in [-0.3, -0.25) is 4.79 Å². The van der Waals surface area contributed by atoms with Crippen molar-refractivity contribution < 1.29 is 36.0 Å². The largest absolute Gasteiger partial charge is 0.386 e. The number of aliphatic hydroxyl groups excluding tert-OH is 1. The van der Waals surface area contributed by atoms with Crippen molar-refractivity contribution in [2.24, 2.45) is 0 Å². The van der Waals surface area contributed by atoms with Gasteiger partial charge >= 0.3 is 6.43 Å². The molecular weight excluding hydrogens is 403 g/mol. The van der Waals surface area contributed by atoms with Gasteiger partial charge in [0.05, 0.1) is 24.5 Å². The van der Waals surface area contributed by atoms with E-state index in [1.165, 1.54) is 30.3 Å². The zero-order valence-electron chi connectivity index (χ0n) is 14.6. The van der Waals surface area contributed by atoms with Crippen molar-refractivity contribution >= 4 is 15.9 Å². The Hall–Kier alpha value is -2.44. The number of hydrogen-bond donors (Lipinski definition) is 3. The number of aromatic nitrogens is 1. The minimum atomic E-state index is -3.38. The quantitative estimate of drug-likeness (QED) is 0.558. The molecule has 8 nitrogen and oxygen atoms in total. The monoisotopic (exact) mass is 421 g/mol. The van der Waals surface area contributed by atoms with E-state index in [0.29, 0.717) is 17.0 Å². The molecule has 2 rings (SSSR count). The van der Waals surface area contributed by atoms with E-state index in [9.17, 15) is 31.5 Å². The third kappa shape index (κ3) is 6.04. The number of hydrogen-bond acceptors (Lipinski definition) is 6. The molecule has 0 aliphatic carbocycles. The summed E-state index contributed by atoms with van der Waals surface area (Å²) in [7, 11) is -3.38. The number of halogens is 3. The molecule has 1 aromatic carbocycles. The summed E-state index contributed by atoms with van der Waals surface area (Å²) in [5, 5.41) is 15.6. The van der Waals surface area contributed by atoms with Crippen LogP contribution < -0.4 is 10.0 Å². The molecule has 1 heterocycles. The maximum Gasteiger partial charge on any atom is 0.315 e. The summed E-state index contributed by atoms with van der Waals surface area (Å²) in [5.74, 6) is -1.35. The van der Waals surface area contributed by atoms with E-state index in [-0.39, 0.29) is 12.1 Å². The van der Waals surface area contributed by atoms with Gasteiger partial charge in [0.1, 0.15) is 12.8 Å². The van der Waals surface area contributed by atoms with Crippen molar-refractivity contribution in [3.8, 4) is 11.3 Å². The molecule has 12 heteroatoms. The van der Waals surface area contributed by atoms with Crippen molar-refractivity contribution in [2.45, 2.75) is 25.1 Å². The predicted molar refractivity (Wildman–Crippen MR) is 92.5 cm³/mol. The van der Waals surface area contributed by atoms with Gasteiger partial charge in [-0.25, -0.2) is 17.5 Å². The zero-order chi connectivity index (χ0) is 20.9. The number of benzene rings is 1. The predicted octanol–water partition coefficient (Wildman–Crippen LogP) is 1.14. The van der Waals surface area contributed by atoms with Crippen LogP contribution in [0.15, 0.2) is 34.9 Å². The molecule has 1 unspecified atom stereocenters. The fourth-order valence-corrected chi connectivity index (χ4v) is 2.67. The lowest BCUT2D eigenvalue weighted by Crippen LogP contribution is -2.43. The van der Waals surface area contributed by atoms with E-state index in [1.807, 2.05) is 0 Å². The lowest BCUT2D eigenvalue weighted by atomic mass is 10.0. The lowest BCUT2D eigenvalue weighted by Gasteiger charge is -2.21. The number of rotatable bonds is 9. The number of alkyl halides is 3. The average Bonchev–Trinajstić information content (AvgIpc) is 3.12. The Morgan fingerprint density at radius 1 is 1.29 bits per heavy atom. The van der Waals surface area contributed by atoms with Crippen molar-refractivity contribution in [1.82, 2.24) is 15.2 Å². The highest BCUT2D eigenvalue weighted by molar-refractivity contribution is 7.88. The molecule has 0 bridgehead atoms. The second-order valence-corrected chi connectivity index (χ2v) is 7.75. The van der Waals surface area contributed by atoms with Gasteiger partial charge < -0.3 is 14.9 Å². The lowest BCUT2D eigenvalue weighted by molar-refractivity contribution is -0.133. The van der Waals surface area contributed by atoms with Gasteiger partial charge in [0, 0.05) is 11.6 Å². The Morgan fingerprint density at radius 3 is 2.46 bits per heavy atom. The first kappa shape index (κ1) is 21.9. The van der Waals surface area contributed by atoms with Crippen LogP contribution in [-0.2, 0) is 21.4 Å². The third-order valence-corrected chi connectivity index (χ3v) is 4.35. The Kier molecular flexibility index (Phi) is 7.16. The zero-order valence-corrected chi connectivity index (χ0v) is 15.4. The number of sulfonamides is 1. The molecule has 2 aromatic rings. The van der Waals surface area contributed by atoms with E-state index in [2.05, 4.69) is 9.88 Å². The average molecular weight is 421 g/mol. The van der Waals surface area contributed by atoms with Gasteiger partial charge in [-0.2, -0.15) is 8.78 Å². The maximum atomic E-state index is 13.0. The fourth-order valence-electron chi connectivity index (χ4n) is 2.26. The summed E-state index contributed by atoms with van der Waals surface area (Å²) < 4.78 is 67.1. The molecule has 0 spiro atoms. The second kappa shape index (κ2) is 9.17. The van der Waals surface area contributed by atoms with Crippen molar-refractivity contribution in [3.05, 3.63) is 41.6 Å². The summed E-state index contributed by atoms with van der Waals surface area (Å²) in [6, 6.07) is 5.83. The molecule has 0 saturated heterocycles. The van der Waals surface area contributed by atoms with Crippen LogP contribution in [0.25, 0.3) is 11.3 Å². The summed E-state index contributed by atoms with van der Waals surface area (Å²) in [4.78, 5) is 11.0. The molecular formula is C16H18F3N3O5S. The van der Waals surface area contributed by atoms with Crippen LogP contribution in [0, 0.1) is 0 Å². The van der Waals surface area contributed by atoms with Gasteiger partial charge in [-0.05, 0) is 5.56 Å². The highest BCUT2D eigenvalue weighted by atomic mass is 32.2. The van der Waals surface area contributed by atoms with Gasteiger partial charge in [-0.15, -0.1) is 0 Å². The first-order chi connectivity index (χ1) is 13.1. The molecule has 2 atom stereocenters. The van der Waals surface area contributed by atoms with E-state index in [0.717, 1.165) is 6.26 Å². The summed E-state index contributed by atoms with van der Waals surface area (Å²) in [6.45, 7) is -1.29. The van der Waals surface area contributed by atoms with E-state index >= 15 is 0 Å². The van der Waals surface area contributed by atoms with Crippen LogP contribution in [0.4, 0.5) is 13.2 Å². The van der Waals surface area contributed by atoms with E-state index < -0.39 is 41.2 Å². The molecule has 0 aliphatic heterocycles. The fraction of sp³-hybridized carbons (Fsp3) is 0.375. The van der Waals surface area contributed by atoms with Crippen LogP contribution in [0.3, 0.4) is 0 Å². The first-order valence-corrected chi connectivity index (χ1v) is 9.83. The van der Waals surface area contributed by atoms with Crippen LogP contribution >= 0.6 is 0 Å². The normalized spacial score (nSPS) is 14.1. The van der Waals surface area contributed by atoms with E-state index in [4.69, 9.17) is 4.52 Å². The SMILES string of the molecule is CS(=O)(=O)NCc1cc(-c2ccc([C@@H](O)C(CF)NC(=O)C(F)F)cc2)on1. The number of nitrogens with zero attached hydrogens (tertiary/aromatic N) is 1. The number of aliphatic hydroxyl groups is 1. The van der Waals surface area contributed by atoms with Crippen LogP contribution in [0.1, 0.15) is 17.4 Å². The summed E-state index contributed by atoms with van der Waals surface area (Å²) >= 11 is 0. The van der Waals surface area contributed by atoms with Crippen molar-refractivity contribution in [3.63, 3.8) is 0 Å². The van der Waals surface area contributed by atoms with Crippen molar-refractivity contribution in [2.75, 3.05) is 12.9 Å². The summed E-state index contributed by atoms with van der Waals surface area (Å²) in [5.41, 5.74) is 1.07. The Bertz CT molecular complexity index is 903. The smallest absolute Gasteiger partial charge is 0.315 e. The Balaban J connectivity index is 2.08. The molecule has 0 radical (unpaired) electrons. The number of carbonyl (C=O) groups excluding carboxylic acids is 1. The number of amides is 1. The first-order valence-electron chi connectivity index (χ1n) is 7.94. The topological polar surface area (TPSA) is 122 Å². The molecule has 3 N–H and O–H groups in total. The Morgan fingerprint density at radius 2 is 1.93 bits per heavy atom. The molecule has 154 valence electrons. The van der Waals surface area contributed by atoms with Crippen molar-refractivity contribution in [1.29, 1.82) is 0 Å². The molecule has 0 saturated carbocycles. The van der Waals surface area contributed by atoms with Crippen LogP contribution in [-0.4, -0.2) is 50.0 Å². The summed E-state index contributed by atoms with van der Waals surface area (Å²) in [6.07, 6.45) is -3.85. The van der Waals surface area contributed by atoms with Gasteiger partial charge in [0.25, 0.3) is 5.91 Å². The minimum absolute atomic E-state index is 0.0544. The molecule has 28 heavy (non-hydrogen) atoms. The van der Waals surface area contributed by atoms with Gasteiger partial charge in [0.2, 0.25) is 10.0 Å². The maximum absolute atomic E-state index is 13.0. The highest BCUT2D eigenvalue weighted by Crippen LogP contribution is 2.24. The number of nitrogens with one attached hydrogen (secondary N) is 2. The molecule has 0 aliphatic rings. The Labute approximate surface area is 158 Å². The van der Waals surface area contributed by atoms with Gasteiger partial charge in [0.15, 0.2) is 5.76 Å². The number of carbonyl (C=O) groups is 1. The second-order valence-electron chi connectivity index (χ2n) is 5.91.